The molecule has 90 valence electrons. The maximum absolute atomic E-state index is 5.47. The Hall–Kier alpha value is -1.33. The summed E-state index contributed by atoms with van der Waals surface area (Å²) in [6.45, 7) is 1.37. The van der Waals surface area contributed by atoms with E-state index < -0.39 is 0 Å². The van der Waals surface area contributed by atoms with Crippen molar-refractivity contribution in [3.05, 3.63) is 46.2 Å². The Morgan fingerprint density at radius 2 is 2.06 bits per heavy atom. The fraction of sp³-hybridized carbons (Fsp3) is 0.250. The van der Waals surface area contributed by atoms with Crippen molar-refractivity contribution in [2.45, 2.75) is 6.42 Å². The molecule has 1 heterocycles. The van der Waals surface area contributed by atoms with E-state index in [4.69, 9.17) is 5.73 Å². The van der Waals surface area contributed by atoms with E-state index in [0.717, 1.165) is 28.8 Å². The van der Waals surface area contributed by atoms with Crippen LogP contribution in [-0.4, -0.2) is 23.3 Å². The van der Waals surface area contributed by atoms with E-state index >= 15 is 0 Å². The van der Waals surface area contributed by atoms with Gasteiger partial charge in [-0.15, -0.1) is 0 Å². The third-order valence-corrected chi connectivity index (χ3v) is 3.00. The molecule has 0 atom stereocenters. The van der Waals surface area contributed by atoms with Crippen LogP contribution >= 0.6 is 15.9 Å². The van der Waals surface area contributed by atoms with Gasteiger partial charge in [-0.2, -0.15) is 5.10 Å². The molecular formula is C12H15BrN4. The SMILES string of the molecule is NCCNc1cn[nH]c1Cc1ccc(Br)cc1. The Kier molecular flexibility index (Phi) is 4.17. The van der Waals surface area contributed by atoms with Crippen molar-refractivity contribution in [1.82, 2.24) is 10.2 Å². The molecule has 0 aliphatic carbocycles. The van der Waals surface area contributed by atoms with Crippen LogP contribution in [0.1, 0.15) is 11.3 Å². The van der Waals surface area contributed by atoms with Gasteiger partial charge in [-0.05, 0) is 17.7 Å². The lowest BCUT2D eigenvalue weighted by Crippen LogP contribution is -2.13. The van der Waals surface area contributed by atoms with Gasteiger partial charge >= 0.3 is 0 Å². The van der Waals surface area contributed by atoms with Gasteiger partial charge in [-0.25, -0.2) is 0 Å². The number of benzene rings is 1. The summed E-state index contributed by atoms with van der Waals surface area (Å²) in [4.78, 5) is 0. The monoisotopic (exact) mass is 294 g/mol. The molecule has 4 N–H and O–H groups in total. The molecule has 0 fully saturated rings. The van der Waals surface area contributed by atoms with Gasteiger partial charge in [0, 0.05) is 24.0 Å². The first-order valence-electron chi connectivity index (χ1n) is 5.50. The Morgan fingerprint density at radius 1 is 1.29 bits per heavy atom. The van der Waals surface area contributed by atoms with Crippen molar-refractivity contribution in [2.24, 2.45) is 5.73 Å². The van der Waals surface area contributed by atoms with Crippen molar-refractivity contribution in [3.8, 4) is 0 Å². The summed E-state index contributed by atoms with van der Waals surface area (Å²) in [5, 5.41) is 10.3. The van der Waals surface area contributed by atoms with Gasteiger partial charge in [0.1, 0.15) is 0 Å². The van der Waals surface area contributed by atoms with Gasteiger partial charge in [-0.3, -0.25) is 5.10 Å². The molecule has 0 radical (unpaired) electrons. The van der Waals surface area contributed by atoms with Gasteiger partial charge in [0.15, 0.2) is 0 Å². The molecule has 0 amide bonds. The zero-order valence-electron chi connectivity index (χ0n) is 9.41. The molecule has 1 aromatic carbocycles. The van der Waals surface area contributed by atoms with E-state index in [1.165, 1.54) is 5.56 Å². The van der Waals surface area contributed by atoms with Crippen LogP contribution < -0.4 is 11.1 Å². The normalized spacial score (nSPS) is 10.5. The number of aromatic nitrogens is 2. The second-order valence-corrected chi connectivity index (χ2v) is 4.70. The van der Waals surface area contributed by atoms with E-state index in [0.29, 0.717) is 6.54 Å². The summed E-state index contributed by atoms with van der Waals surface area (Å²) in [5.41, 5.74) is 8.82. The first kappa shape index (κ1) is 12.1. The maximum Gasteiger partial charge on any atom is 0.0760 e. The van der Waals surface area contributed by atoms with Crippen molar-refractivity contribution in [2.75, 3.05) is 18.4 Å². The molecule has 0 spiro atoms. The molecule has 0 saturated heterocycles. The second kappa shape index (κ2) is 5.84. The number of H-pyrrole nitrogens is 1. The van der Waals surface area contributed by atoms with Gasteiger partial charge < -0.3 is 11.1 Å². The number of nitrogens with zero attached hydrogens (tertiary/aromatic N) is 1. The zero-order valence-corrected chi connectivity index (χ0v) is 11.0. The van der Waals surface area contributed by atoms with E-state index in [1.807, 2.05) is 12.1 Å². The predicted octanol–water partition coefficient (Wildman–Crippen LogP) is 2.13. The molecule has 1 aromatic heterocycles. The van der Waals surface area contributed by atoms with Crippen LogP contribution in [-0.2, 0) is 6.42 Å². The topological polar surface area (TPSA) is 66.7 Å². The van der Waals surface area contributed by atoms with E-state index in [9.17, 15) is 0 Å². The second-order valence-electron chi connectivity index (χ2n) is 3.78. The minimum Gasteiger partial charge on any atom is -0.381 e. The average molecular weight is 295 g/mol. The molecule has 2 aromatic rings. The minimum atomic E-state index is 0.614. The standard InChI is InChI=1S/C12H15BrN4/c13-10-3-1-9(2-4-10)7-11-12(8-16-17-11)15-6-5-14/h1-4,8,15H,5-7,14H2,(H,16,17). The fourth-order valence-electron chi connectivity index (χ4n) is 1.61. The minimum absolute atomic E-state index is 0.614. The number of halogens is 1. The fourth-order valence-corrected chi connectivity index (χ4v) is 1.88. The van der Waals surface area contributed by atoms with E-state index in [1.54, 1.807) is 6.20 Å². The summed E-state index contributed by atoms with van der Waals surface area (Å²) in [5.74, 6) is 0. The van der Waals surface area contributed by atoms with Gasteiger partial charge in [0.05, 0.1) is 17.6 Å². The van der Waals surface area contributed by atoms with E-state index in [-0.39, 0.29) is 0 Å². The molecule has 0 unspecified atom stereocenters. The number of aromatic amines is 1. The van der Waals surface area contributed by atoms with Crippen molar-refractivity contribution in [3.63, 3.8) is 0 Å². The van der Waals surface area contributed by atoms with Crippen LogP contribution in [0.15, 0.2) is 34.9 Å². The van der Waals surface area contributed by atoms with Gasteiger partial charge in [0.2, 0.25) is 0 Å². The van der Waals surface area contributed by atoms with Gasteiger partial charge in [0.25, 0.3) is 0 Å². The van der Waals surface area contributed by atoms with Crippen molar-refractivity contribution < 1.29 is 0 Å². The zero-order chi connectivity index (χ0) is 12.1. The van der Waals surface area contributed by atoms with Gasteiger partial charge in [-0.1, -0.05) is 28.1 Å². The Morgan fingerprint density at radius 3 is 2.76 bits per heavy atom. The number of hydrogen-bond acceptors (Lipinski definition) is 3. The third-order valence-electron chi connectivity index (χ3n) is 2.47. The van der Waals surface area contributed by atoms with Crippen LogP contribution in [0.3, 0.4) is 0 Å². The molecule has 2 rings (SSSR count). The summed E-state index contributed by atoms with van der Waals surface area (Å²) in [7, 11) is 0. The number of nitrogens with two attached hydrogens (primary N) is 1. The molecule has 0 aliphatic rings. The lowest BCUT2D eigenvalue weighted by atomic mass is 10.1. The summed E-state index contributed by atoms with van der Waals surface area (Å²) >= 11 is 3.43. The number of hydrogen-bond donors (Lipinski definition) is 3. The molecule has 0 saturated carbocycles. The van der Waals surface area contributed by atoms with E-state index in [2.05, 4.69) is 43.6 Å². The van der Waals surface area contributed by atoms with Crippen LogP contribution in [0, 0.1) is 0 Å². The highest BCUT2D eigenvalue weighted by atomic mass is 79.9. The summed E-state index contributed by atoms with van der Waals surface area (Å²) in [6.07, 6.45) is 2.63. The Labute approximate surface area is 109 Å². The first-order chi connectivity index (χ1) is 8.29. The Bertz CT molecular complexity index is 464. The molecular weight excluding hydrogens is 280 g/mol. The highest BCUT2D eigenvalue weighted by Crippen LogP contribution is 2.17. The smallest absolute Gasteiger partial charge is 0.0760 e. The Balaban J connectivity index is 2.07. The third kappa shape index (κ3) is 3.31. The van der Waals surface area contributed by atoms with Crippen LogP contribution in [0.2, 0.25) is 0 Å². The van der Waals surface area contributed by atoms with Crippen molar-refractivity contribution >= 4 is 21.6 Å². The number of nitrogens with one attached hydrogen (secondary N) is 2. The molecule has 5 heteroatoms. The van der Waals surface area contributed by atoms with Crippen molar-refractivity contribution in [1.29, 1.82) is 0 Å². The number of rotatable bonds is 5. The molecule has 4 nitrogen and oxygen atoms in total. The highest BCUT2D eigenvalue weighted by molar-refractivity contribution is 9.10. The molecule has 0 aliphatic heterocycles. The summed E-state index contributed by atoms with van der Waals surface area (Å²) in [6, 6.07) is 8.27. The lowest BCUT2D eigenvalue weighted by molar-refractivity contribution is 0.987. The predicted molar refractivity (Wildman–Crippen MR) is 73.1 cm³/mol. The summed E-state index contributed by atoms with van der Waals surface area (Å²) < 4.78 is 1.09. The average Bonchev–Trinajstić information content (AvgIpc) is 2.77. The van der Waals surface area contributed by atoms with Crippen LogP contribution in [0.4, 0.5) is 5.69 Å². The largest absolute Gasteiger partial charge is 0.381 e. The lowest BCUT2D eigenvalue weighted by Gasteiger charge is -2.05. The van der Waals surface area contributed by atoms with Crippen LogP contribution in [0.25, 0.3) is 0 Å². The highest BCUT2D eigenvalue weighted by Gasteiger charge is 2.05. The quantitative estimate of drug-likeness (QED) is 0.791. The maximum atomic E-state index is 5.47. The number of anilines is 1. The molecule has 17 heavy (non-hydrogen) atoms. The van der Waals surface area contributed by atoms with Crippen LogP contribution in [0.5, 0.6) is 0 Å². The first-order valence-corrected chi connectivity index (χ1v) is 6.29. The molecule has 0 bridgehead atoms.